The molecular formula is C9H19NS. The molecule has 0 radical (unpaired) electrons. The third kappa shape index (κ3) is 10.1. The number of hydrogen-bond acceptors (Lipinski definition) is 2. The second-order valence-corrected chi connectivity index (χ2v) is 3.46. The van der Waals surface area contributed by atoms with Crippen LogP contribution in [0.4, 0.5) is 0 Å². The molecule has 0 saturated heterocycles. The summed E-state index contributed by atoms with van der Waals surface area (Å²) in [7, 11) is 0. The quantitative estimate of drug-likeness (QED) is 0.468. The Hall–Kier alpha value is 0.0500. The summed E-state index contributed by atoms with van der Waals surface area (Å²) < 4.78 is 0. The molecule has 1 N–H and O–H groups in total. The topological polar surface area (TPSA) is 12.0 Å². The van der Waals surface area contributed by atoms with Crippen molar-refractivity contribution in [2.45, 2.75) is 19.8 Å². The van der Waals surface area contributed by atoms with Gasteiger partial charge in [-0.1, -0.05) is 12.2 Å². The van der Waals surface area contributed by atoms with Gasteiger partial charge in [-0.2, -0.15) is 11.8 Å². The average Bonchev–Trinajstić information content (AvgIpc) is 2.03. The van der Waals surface area contributed by atoms with Gasteiger partial charge >= 0.3 is 0 Å². The van der Waals surface area contributed by atoms with Crippen LogP contribution in [0.1, 0.15) is 19.8 Å². The second kappa shape index (κ2) is 10.0. The number of thioether (sulfide) groups is 1. The number of nitrogens with one attached hydrogen (secondary N) is 1. The molecule has 0 aromatic rings. The Labute approximate surface area is 74.6 Å². The average molecular weight is 173 g/mol. The molecule has 0 unspecified atom stereocenters. The first-order valence-electron chi connectivity index (χ1n) is 4.22. The van der Waals surface area contributed by atoms with Crippen molar-refractivity contribution in [3.05, 3.63) is 12.2 Å². The Kier molecular flexibility index (Phi) is 10.1. The van der Waals surface area contributed by atoms with Crippen LogP contribution in [0.3, 0.4) is 0 Å². The van der Waals surface area contributed by atoms with Crippen molar-refractivity contribution in [3.8, 4) is 0 Å². The van der Waals surface area contributed by atoms with Gasteiger partial charge in [0, 0.05) is 6.54 Å². The molecule has 0 heterocycles. The highest BCUT2D eigenvalue weighted by Gasteiger charge is 1.85. The Bertz CT molecular complexity index is 91.6. The third-order valence-electron chi connectivity index (χ3n) is 1.45. The van der Waals surface area contributed by atoms with Crippen LogP contribution in [-0.2, 0) is 0 Å². The van der Waals surface area contributed by atoms with Crippen molar-refractivity contribution in [1.82, 2.24) is 5.32 Å². The maximum Gasteiger partial charge on any atom is 0.0134 e. The molecule has 2 heteroatoms. The molecular weight excluding hydrogens is 154 g/mol. The standard InChI is InChI=1S/C9H19NS/c1-3-4-7-10-8-5-6-9-11-2/h3-4,10H,5-9H2,1-2H3/b4-3+. The summed E-state index contributed by atoms with van der Waals surface area (Å²) >= 11 is 1.93. The fraction of sp³-hybridized carbons (Fsp3) is 0.778. The summed E-state index contributed by atoms with van der Waals surface area (Å²) in [6.07, 6.45) is 9.03. The minimum atomic E-state index is 1.02. The molecule has 11 heavy (non-hydrogen) atoms. The van der Waals surface area contributed by atoms with Crippen LogP contribution in [0, 0.1) is 0 Å². The SMILES string of the molecule is C/C=C/CNCCCCSC. The minimum Gasteiger partial charge on any atom is -0.313 e. The van der Waals surface area contributed by atoms with E-state index in [1.165, 1.54) is 18.6 Å². The highest BCUT2D eigenvalue weighted by Crippen LogP contribution is 1.97. The van der Waals surface area contributed by atoms with E-state index in [9.17, 15) is 0 Å². The lowest BCUT2D eigenvalue weighted by Gasteiger charge is -1.99. The minimum absolute atomic E-state index is 1.02. The van der Waals surface area contributed by atoms with Crippen molar-refractivity contribution in [2.75, 3.05) is 25.1 Å². The maximum atomic E-state index is 3.35. The highest BCUT2D eigenvalue weighted by atomic mass is 32.2. The Morgan fingerprint density at radius 3 is 2.82 bits per heavy atom. The maximum absolute atomic E-state index is 3.35. The zero-order valence-electron chi connectivity index (χ0n) is 7.60. The van der Waals surface area contributed by atoms with Crippen LogP contribution in [0.2, 0.25) is 0 Å². The van der Waals surface area contributed by atoms with Crippen molar-refractivity contribution >= 4 is 11.8 Å². The van der Waals surface area contributed by atoms with Crippen molar-refractivity contribution in [1.29, 1.82) is 0 Å². The largest absolute Gasteiger partial charge is 0.313 e. The highest BCUT2D eigenvalue weighted by molar-refractivity contribution is 7.98. The van der Waals surface area contributed by atoms with Gasteiger partial charge in [0.15, 0.2) is 0 Å². The van der Waals surface area contributed by atoms with Crippen molar-refractivity contribution in [3.63, 3.8) is 0 Å². The zero-order valence-corrected chi connectivity index (χ0v) is 8.41. The monoisotopic (exact) mass is 173 g/mol. The Balaban J connectivity index is 2.79. The molecule has 0 amide bonds. The third-order valence-corrected chi connectivity index (χ3v) is 2.15. The van der Waals surface area contributed by atoms with Crippen LogP contribution >= 0.6 is 11.8 Å². The Morgan fingerprint density at radius 1 is 1.36 bits per heavy atom. The zero-order chi connectivity index (χ0) is 8.36. The first kappa shape index (κ1) is 11.1. The lowest BCUT2D eigenvalue weighted by atomic mass is 10.3. The van der Waals surface area contributed by atoms with E-state index in [-0.39, 0.29) is 0 Å². The molecule has 0 aromatic carbocycles. The summed E-state index contributed by atoms with van der Waals surface area (Å²) in [6.45, 7) is 4.23. The van der Waals surface area contributed by atoms with Crippen molar-refractivity contribution in [2.24, 2.45) is 0 Å². The molecule has 0 aromatic heterocycles. The van der Waals surface area contributed by atoms with Gasteiger partial charge in [-0.25, -0.2) is 0 Å². The summed E-state index contributed by atoms with van der Waals surface area (Å²) in [5.41, 5.74) is 0. The predicted octanol–water partition coefficient (Wildman–Crippen LogP) is 2.30. The van der Waals surface area contributed by atoms with Crippen LogP contribution < -0.4 is 5.32 Å². The molecule has 0 aliphatic heterocycles. The summed E-state index contributed by atoms with van der Waals surface area (Å²) in [4.78, 5) is 0. The first-order chi connectivity index (χ1) is 5.41. The molecule has 0 atom stereocenters. The van der Waals surface area contributed by atoms with Gasteiger partial charge in [-0.3, -0.25) is 0 Å². The molecule has 1 nitrogen and oxygen atoms in total. The van der Waals surface area contributed by atoms with Crippen LogP contribution in [0.5, 0.6) is 0 Å². The van der Waals surface area contributed by atoms with Crippen LogP contribution in [0.25, 0.3) is 0 Å². The van der Waals surface area contributed by atoms with E-state index in [0.29, 0.717) is 0 Å². The first-order valence-corrected chi connectivity index (χ1v) is 5.62. The molecule has 0 bridgehead atoms. The van der Waals surface area contributed by atoms with Gasteiger partial charge in [-0.05, 0) is 38.3 Å². The molecule has 0 aliphatic rings. The lowest BCUT2D eigenvalue weighted by molar-refractivity contribution is 0.684. The van der Waals surface area contributed by atoms with Gasteiger partial charge in [0.1, 0.15) is 0 Å². The van der Waals surface area contributed by atoms with Crippen molar-refractivity contribution < 1.29 is 0 Å². The van der Waals surface area contributed by atoms with E-state index in [4.69, 9.17) is 0 Å². The number of unbranched alkanes of at least 4 members (excludes halogenated alkanes) is 1. The molecule has 0 aliphatic carbocycles. The predicted molar refractivity (Wildman–Crippen MR) is 55.3 cm³/mol. The van der Waals surface area contributed by atoms with E-state index < -0.39 is 0 Å². The summed E-state index contributed by atoms with van der Waals surface area (Å²) in [6, 6.07) is 0. The van der Waals surface area contributed by atoms with E-state index in [0.717, 1.165) is 13.1 Å². The Morgan fingerprint density at radius 2 is 2.18 bits per heavy atom. The fourth-order valence-electron chi connectivity index (χ4n) is 0.800. The van der Waals surface area contributed by atoms with Crippen LogP contribution in [-0.4, -0.2) is 25.1 Å². The number of rotatable bonds is 7. The lowest BCUT2D eigenvalue weighted by Crippen LogP contribution is -2.14. The van der Waals surface area contributed by atoms with E-state index in [1.807, 2.05) is 11.8 Å². The van der Waals surface area contributed by atoms with E-state index >= 15 is 0 Å². The summed E-state index contributed by atoms with van der Waals surface area (Å²) in [5.74, 6) is 1.30. The van der Waals surface area contributed by atoms with Crippen LogP contribution in [0.15, 0.2) is 12.2 Å². The van der Waals surface area contributed by atoms with E-state index in [1.54, 1.807) is 0 Å². The smallest absolute Gasteiger partial charge is 0.0134 e. The fourth-order valence-corrected chi connectivity index (χ4v) is 1.29. The number of hydrogen-bond donors (Lipinski definition) is 1. The molecule has 0 fully saturated rings. The molecule has 66 valence electrons. The summed E-state index contributed by atoms with van der Waals surface area (Å²) in [5, 5.41) is 3.35. The van der Waals surface area contributed by atoms with Gasteiger partial charge in [-0.15, -0.1) is 0 Å². The van der Waals surface area contributed by atoms with Gasteiger partial charge in [0.2, 0.25) is 0 Å². The molecule has 0 spiro atoms. The van der Waals surface area contributed by atoms with Gasteiger partial charge in [0.25, 0.3) is 0 Å². The number of allylic oxidation sites excluding steroid dienone is 1. The van der Waals surface area contributed by atoms with Gasteiger partial charge in [0.05, 0.1) is 0 Å². The van der Waals surface area contributed by atoms with E-state index in [2.05, 4.69) is 30.6 Å². The van der Waals surface area contributed by atoms with Gasteiger partial charge < -0.3 is 5.32 Å². The normalized spacial score (nSPS) is 11.1. The molecule has 0 rings (SSSR count). The second-order valence-electron chi connectivity index (χ2n) is 2.47. The molecule has 0 saturated carbocycles.